The number of aliphatic hydroxyl groups is 1. The molecule has 2 rings (SSSR count). The van der Waals surface area contributed by atoms with Crippen LogP contribution in [-0.4, -0.2) is 25.9 Å². The van der Waals surface area contributed by atoms with E-state index in [2.05, 4.69) is 5.32 Å². The van der Waals surface area contributed by atoms with E-state index in [4.69, 9.17) is 14.7 Å². The molecule has 0 aromatic heterocycles. The van der Waals surface area contributed by atoms with Gasteiger partial charge < -0.3 is 19.9 Å². The zero-order chi connectivity index (χ0) is 17.7. The average Bonchev–Trinajstić information content (AvgIpc) is 2.59. The third-order valence-electron chi connectivity index (χ3n) is 3.40. The largest absolute Gasteiger partial charge is 0.497 e. The third kappa shape index (κ3) is 3.91. The van der Waals surface area contributed by atoms with Crippen LogP contribution in [0.4, 0.5) is 14.5 Å². The van der Waals surface area contributed by atoms with Gasteiger partial charge in [0.2, 0.25) is 0 Å². The van der Waals surface area contributed by atoms with Gasteiger partial charge in [0.1, 0.15) is 17.2 Å². The molecule has 7 heteroatoms. The predicted molar refractivity (Wildman–Crippen MR) is 84.1 cm³/mol. The van der Waals surface area contributed by atoms with E-state index < -0.39 is 23.4 Å². The Hall–Kier alpha value is -2.85. The summed E-state index contributed by atoms with van der Waals surface area (Å²) < 4.78 is 37.8. The van der Waals surface area contributed by atoms with Crippen molar-refractivity contribution >= 4 is 5.69 Å². The molecule has 1 unspecified atom stereocenters. The number of hydrogen-bond acceptors (Lipinski definition) is 5. The highest BCUT2D eigenvalue weighted by atomic mass is 19.1. The number of hydrogen-bond donors (Lipinski definition) is 2. The normalized spacial score (nSPS) is 11.5. The van der Waals surface area contributed by atoms with Gasteiger partial charge in [0.05, 0.1) is 32.0 Å². The Morgan fingerprint density at radius 2 is 1.62 bits per heavy atom. The number of benzene rings is 2. The second-order valence-electron chi connectivity index (χ2n) is 4.97. The molecule has 0 spiro atoms. The van der Waals surface area contributed by atoms with E-state index in [0.717, 1.165) is 12.1 Å². The van der Waals surface area contributed by atoms with Crippen molar-refractivity contribution in [2.45, 2.75) is 6.10 Å². The Bertz CT molecular complexity index is 730. The molecule has 0 saturated heterocycles. The van der Waals surface area contributed by atoms with Crippen LogP contribution < -0.4 is 14.8 Å². The number of methoxy groups -OCH3 is 2. The molecule has 0 amide bonds. The lowest BCUT2D eigenvalue weighted by molar-refractivity contribution is 0.190. The number of nitrogens with zero attached hydrogens (tertiary/aromatic N) is 1. The van der Waals surface area contributed by atoms with Crippen molar-refractivity contribution in [2.75, 3.05) is 26.1 Å². The number of aliphatic hydroxyl groups excluding tert-OH is 1. The Morgan fingerprint density at radius 3 is 2.08 bits per heavy atom. The first-order valence-corrected chi connectivity index (χ1v) is 7.02. The molecule has 2 aromatic carbocycles. The van der Waals surface area contributed by atoms with Gasteiger partial charge in [0.15, 0.2) is 11.6 Å². The molecule has 24 heavy (non-hydrogen) atoms. The fourth-order valence-electron chi connectivity index (χ4n) is 2.14. The van der Waals surface area contributed by atoms with Crippen LogP contribution >= 0.6 is 0 Å². The van der Waals surface area contributed by atoms with E-state index in [1.807, 2.05) is 0 Å². The summed E-state index contributed by atoms with van der Waals surface area (Å²) in [6.07, 6.45) is -1.05. The van der Waals surface area contributed by atoms with Gasteiger partial charge in [-0.3, -0.25) is 0 Å². The van der Waals surface area contributed by atoms with E-state index in [-0.39, 0.29) is 12.1 Å². The number of ether oxygens (including phenoxy) is 2. The van der Waals surface area contributed by atoms with Crippen molar-refractivity contribution in [2.24, 2.45) is 0 Å². The lowest BCUT2D eigenvalue weighted by Crippen LogP contribution is -2.14. The number of rotatable bonds is 6. The molecule has 0 saturated carbocycles. The molecule has 0 aliphatic carbocycles. The van der Waals surface area contributed by atoms with E-state index in [0.29, 0.717) is 17.1 Å². The van der Waals surface area contributed by atoms with Crippen LogP contribution in [0.5, 0.6) is 11.5 Å². The number of nitrogens with one attached hydrogen (secondary N) is 1. The number of nitriles is 1. The molecule has 2 N–H and O–H groups in total. The van der Waals surface area contributed by atoms with Crippen LogP contribution in [0.3, 0.4) is 0 Å². The maximum atomic E-state index is 13.8. The number of halogens is 2. The molecular formula is C17H16F2N2O3. The summed E-state index contributed by atoms with van der Waals surface area (Å²) >= 11 is 0. The van der Waals surface area contributed by atoms with Crippen LogP contribution in [0.25, 0.3) is 0 Å². The molecule has 5 nitrogen and oxygen atoms in total. The van der Waals surface area contributed by atoms with Gasteiger partial charge in [-0.2, -0.15) is 5.26 Å². The van der Waals surface area contributed by atoms with Gasteiger partial charge in [-0.1, -0.05) is 0 Å². The molecule has 2 aromatic rings. The van der Waals surface area contributed by atoms with Gasteiger partial charge in [-0.05, 0) is 29.8 Å². The van der Waals surface area contributed by atoms with Crippen molar-refractivity contribution in [1.82, 2.24) is 0 Å². The quantitative estimate of drug-likeness (QED) is 0.849. The lowest BCUT2D eigenvalue weighted by Gasteiger charge is -2.16. The molecular weight excluding hydrogens is 318 g/mol. The zero-order valence-corrected chi connectivity index (χ0v) is 13.1. The van der Waals surface area contributed by atoms with E-state index in [9.17, 15) is 13.9 Å². The Labute approximate surface area is 138 Å². The molecule has 126 valence electrons. The highest BCUT2D eigenvalue weighted by molar-refractivity contribution is 5.50. The molecule has 0 aliphatic rings. The highest BCUT2D eigenvalue weighted by Crippen LogP contribution is 2.27. The highest BCUT2D eigenvalue weighted by Gasteiger charge is 2.15. The first-order chi connectivity index (χ1) is 11.5. The van der Waals surface area contributed by atoms with Crippen molar-refractivity contribution in [3.8, 4) is 17.6 Å². The molecule has 0 bridgehead atoms. The third-order valence-corrected chi connectivity index (χ3v) is 3.40. The van der Waals surface area contributed by atoms with Gasteiger partial charge in [-0.25, -0.2) is 8.78 Å². The maximum Gasteiger partial charge on any atom is 0.150 e. The summed E-state index contributed by atoms with van der Waals surface area (Å²) in [5.74, 6) is -0.831. The fourth-order valence-corrected chi connectivity index (χ4v) is 2.14. The topological polar surface area (TPSA) is 74.5 Å². The molecule has 0 heterocycles. The summed E-state index contributed by atoms with van der Waals surface area (Å²) in [5.41, 5.74) is -0.0512. The van der Waals surface area contributed by atoms with Crippen LogP contribution in [0, 0.1) is 23.0 Å². The minimum Gasteiger partial charge on any atom is -0.497 e. The van der Waals surface area contributed by atoms with E-state index in [1.54, 1.807) is 24.3 Å². The molecule has 1 atom stereocenters. The van der Waals surface area contributed by atoms with Crippen molar-refractivity contribution in [3.05, 3.63) is 53.1 Å². The van der Waals surface area contributed by atoms with Gasteiger partial charge in [-0.15, -0.1) is 0 Å². The minimum atomic E-state index is -1.05. The smallest absolute Gasteiger partial charge is 0.150 e. The first kappa shape index (κ1) is 17.5. The summed E-state index contributed by atoms with van der Waals surface area (Å²) in [5, 5.41) is 21.4. The first-order valence-electron chi connectivity index (χ1n) is 7.02. The van der Waals surface area contributed by atoms with Gasteiger partial charge in [0.25, 0.3) is 0 Å². The Kier molecular flexibility index (Phi) is 5.55. The van der Waals surface area contributed by atoms with Crippen LogP contribution in [0.2, 0.25) is 0 Å². The van der Waals surface area contributed by atoms with Crippen molar-refractivity contribution in [3.63, 3.8) is 0 Å². The van der Waals surface area contributed by atoms with Gasteiger partial charge >= 0.3 is 0 Å². The maximum absolute atomic E-state index is 13.8. The standard InChI is InChI=1S/C17H16F2N2O3/c1-23-12-5-11(6-13(7-12)24-2)16(22)9-21-17-14(18)3-10(8-20)4-15(17)19/h3-7,16,21-22H,9H2,1-2H3. The molecule has 0 radical (unpaired) electrons. The Balaban J connectivity index is 2.17. The second-order valence-corrected chi connectivity index (χ2v) is 4.97. The second kappa shape index (κ2) is 7.62. The lowest BCUT2D eigenvalue weighted by atomic mass is 10.1. The zero-order valence-electron chi connectivity index (χ0n) is 13.1. The summed E-state index contributed by atoms with van der Waals surface area (Å²) in [6.45, 7) is -0.143. The predicted octanol–water partition coefficient (Wildman–Crippen LogP) is 3.00. The number of anilines is 1. The molecule has 0 aliphatic heterocycles. The monoisotopic (exact) mass is 334 g/mol. The minimum absolute atomic E-state index is 0.117. The van der Waals surface area contributed by atoms with Crippen LogP contribution in [0.15, 0.2) is 30.3 Å². The Morgan fingerprint density at radius 1 is 1.08 bits per heavy atom. The van der Waals surface area contributed by atoms with Crippen molar-refractivity contribution < 1.29 is 23.4 Å². The summed E-state index contributed by atoms with van der Waals surface area (Å²) in [6, 6.07) is 8.35. The molecule has 0 fully saturated rings. The van der Waals surface area contributed by atoms with Crippen LogP contribution in [0.1, 0.15) is 17.2 Å². The SMILES string of the molecule is COc1cc(OC)cc(C(O)CNc2c(F)cc(C#N)cc2F)c1. The van der Waals surface area contributed by atoms with E-state index >= 15 is 0 Å². The summed E-state index contributed by atoms with van der Waals surface area (Å²) in [7, 11) is 2.95. The van der Waals surface area contributed by atoms with Crippen LogP contribution in [-0.2, 0) is 0 Å². The van der Waals surface area contributed by atoms with Crippen molar-refractivity contribution in [1.29, 1.82) is 5.26 Å². The summed E-state index contributed by atoms with van der Waals surface area (Å²) in [4.78, 5) is 0. The van der Waals surface area contributed by atoms with Gasteiger partial charge in [0, 0.05) is 12.6 Å². The fraction of sp³-hybridized carbons (Fsp3) is 0.235. The van der Waals surface area contributed by atoms with E-state index in [1.165, 1.54) is 14.2 Å². The average molecular weight is 334 g/mol.